The normalized spacial score (nSPS) is 10.2. The molecule has 0 saturated heterocycles. The summed E-state index contributed by atoms with van der Waals surface area (Å²) in [4.78, 5) is 10.7. The maximum absolute atomic E-state index is 10.7. The first-order valence-corrected chi connectivity index (χ1v) is 4.68. The minimum absolute atomic E-state index is 0.668. The van der Waals surface area contributed by atoms with Crippen molar-refractivity contribution in [2.45, 2.75) is 0 Å². The van der Waals surface area contributed by atoms with Gasteiger partial charge in [0, 0.05) is 24.5 Å². The van der Waals surface area contributed by atoms with E-state index >= 15 is 0 Å². The van der Waals surface area contributed by atoms with Crippen molar-refractivity contribution in [3.63, 3.8) is 0 Å². The van der Waals surface area contributed by atoms with Crippen molar-refractivity contribution < 1.29 is 4.79 Å². The molecule has 0 atom stereocenters. The lowest BCUT2D eigenvalue weighted by atomic mass is 10.1. The molecule has 1 aromatic heterocycles. The van der Waals surface area contributed by atoms with Gasteiger partial charge in [-0.2, -0.15) is 0 Å². The average molecular weight is 200 g/mol. The number of aldehydes is 1. The highest BCUT2D eigenvalue weighted by Crippen LogP contribution is 2.22. The van der Waals surface area contributed by atoms with Crippen LogP contribution in [0.15, 0.2) is 36.5 Å². The van der Waals surface area contributed by atoms with Gasteiger partial charge < -0.3 is 10.3 Å². The number of carbonyl (C=O) groups excluding carboxylic acids is 1. The molecular weight excluding hydrogens is 188 g/mol. The van der Waals surface area contributed by atoms with Gasteiger partial charge in [-0.05, 0) is 23.8 Å². The Labute approximate surface area is 88.1 Å². The van der Waals surface area contributed by atoms with Gasteiger partial charge >= 0.3 is 0 Å². The van der Waals surface area contributed by atoms with Crippen molar-refractivity contribution in [1.82, 2.24) is 4.57 Å². The molecule has 0 aliphatic rings. The lowest BCUT2D eigenvalue weighted by molar-refractivity contribution is 0.111. The number of aryl methyl sites for hydroxylation is 1. The van der Waals surface area contributed by atoms with Crippen molar-refractivity contribution in [2.75, 3.05) is 5.73 Å². The summed E-state index contributed by atoms with van der Waals surface area (Å²) in [6, 6.07) is 9.45. The molecule has 0 unspecified atom stereocenters. The molecule has 0 saturated carbocycles. The van der Waals surface area contributed by atoms with Gasteiger partial charge in [-0.15, -0.1) is 0 Å². The quantitative estimate of drug-likeness (QED) is 0.596. The molecule has 0 spiro atoms. The van der Waals surface area contributed by atoms with Crippen LogP contribution >= 0.6 is 0 Å². The van der Waals surface area contributed by atoms with Crippen LogP contribution in [-0.4, -0.2) is 10.9 Å². The first-order chi connectivity index (χ1) is 7.20. The summed E-state index contributed by atoms with van der Waals surface area (Å²) in [5.74, 6) is 0. The van der Waals surface area contributed by atoms with Gasteiger partial charge in [-0.25, -0.2) is 0 Å². The van der Waals surface area contributed by atoms with E-state index in [1.807, 2.05) is 43.6 Å². The maximum Gasteiger partial charge on any atom is 0.166 e. The second kappa shape index (κ2) is 3.61. The van der Waals surface area contributed by atoms with E-state index < -0.39 is 0 Å². The number of hydrogen-bond donors (Lipinski definition) is 1. The van der Waals surface area contributed by atoms with Gasteiger partial charge in [0.2, 0.25) is 0 Å². The number of nitrogens with zero attached hydrogens (tertiary/aromatic N) is 1. The van der Waals surface area contributed by atoms with E-state index in [2.05, 4.69) is 0 Å². The third-order valence-electron chi connectivity index (χ3n) is 2.41. The Morgan fingerprint density at radius 2 is 1.87 bits per heavy atom. The third kappa shape index (κ3) is 1.76. The van der Waals surface area contributed by atoms with Crippen molar-refractivity contribution in [3.8, 4) is 11.1 Å². The fourth-order valence-electron chi connectivity index (χ4n) is 1.53. The van der Waals surface area contributed by atoms with Gasteiger partial charge in [-0.3, -0.25) is 4.79 Å². The number of benzene rings is 1. The Bertz CT molecular complexity index is 483. The first-order valence-electron chi connectivity index (χ1n) is 4.68. The molecule has 3 nitrogen and oxygen atoms in total. The van der Waals surface area contributed by atoms with Crippen LogP contribution in [0.25, 0.3) is 11.1 Å². The Balaban J connectivity index is 2.45. The first kappa shape index (κ1) is 9.52. The summed E-state index contributed by atoms with van der Waals surface area (Å²) in [6.07, 6.45) is 2.77. The van der Waals surface area contributed by atoms with Crippen molar-refractivity contribution in [2.24, 2.45) is 7.05 Å². The standard InChI is InChI=1S/C12H12N2O/c1-14-7-10(6-12(14)8-15)9-2-4-11(13)5-3-9/h2-8H,13H2,1H3. The smallest absolute Gasteiger partial charge is 0.166 e. The second-order valence-corrected chi connectivity index (χ2v) is 3.50. The van der Waals surface area contributed by atoms with Crippen LogP contribution in [0.2, 0.25) is 0 Å². The fraction of sp³-hybridized carbons (Fsp3) is 0.0833. The zero-order chi connectivity index (χ0) is 10.8. The molecule has 1 aromatic carbocycles. The summed E-state index contributed by atoms with van der Waals surface area (Å²) in [6.45, 7) is 0. The Morgan fingerprint density at radius 3 is 2.40 bits per heavy atom. The van der Waals surface area contributed by atoms with E-state index in [4.69, 9.17) is 5.73 Å². The summed E-state index contributed by atoms with van der Waals surface area (Å²) in [7, 11) is 1.85. The topological polar surface area (TPSA) is 48.0 Å². The number of hydrogen-bond acceptors (Lipinski definition) is 2. The average Bonchev–Trinajstić information content (AvgIpc) is 2.61. The molecular formula is C12H12N2O. The molecule has 2 aromatic rings. The molecule has 2 rings (SSSR count). The van der Waals surface area contributed by atoms with Crippen LogP contribution in [0.4, 0.5) is 5.69 Å². The summed E-state index contributed by atoms with van der Waals surface area (Å²) < 4.78 is 1.80. The van der Waals surface area contributed by atoms with Gasteiger partial charge in [0.05, 0.1) is 5.69 Å². The van der Waals surface area contributed by atoms with E-state index in [0.29, 0.717) is 5.69 Å². The predicted molar refractivity (Wildman–Crippen MR) is 60.6 cm³/mol. The highest BCUT2D eigenvalue weighted by atomic mass is 16.1. The largest absolute Gasteiger partial charge is 0.399 e. The second-order valence-electron chi connectivity index (χ2n) is 3.50. The van der Waals surface area contributed by atoms with Crippen molar-refractivity contribution >= 4 is 12.0 Å². The van der Waals surface area contributed by atoms with E-state index in [0.717, 1.165) is 23.1 Å². The zero-order valence-electron chi connectivity index (χ0n) is 8.47. The van der Waals surface area contributed by atoms with Gasteiger partial charge in [0.15, 0.2) is 6.29 Å². The number of rotatable bonds is 2. The molecule has 0 radical (unpaired) electrons. The van der Waals surface area contributed by atoms with Crippen LogP contribution in [0, 0.1) is 0 Å². The lowest BCUT2D eigenvalue weighted by Gasteiger charge is -1.97. The highest BCUT2D eigenvalue weighted by Gasteiger charge is 2.03. The van der Waals surface area contributed by atoms with E-state index in [-0.39, 0.29) is 0 Å². The molecule has 76 valence electrons. The summed E-state index contributed by atoms with van der Waals surface area (Å²) in [5.41, 5.74) is 9.10. The van der Waals surface area contributed by atoms with Crippen molar-refractivity contribution in [3.05, 3.63) is 42.2 Å². The number of carbonyl (C=O) groups is 1. The summed E-state index contributed by atoms with van der Waals surface area (Å²) in [5, 5.41) is 0. The van der Waals surface area contributed by atoms with Gasteiger partial charge in [-0.1, -0.05) is 12.1 Å². The Kier molecular flexibility index (Phi) is 2.29. The summed E-state index contributed by atoms with van der Waals surface area (Å²) >= 11 is 0. The molecule has 3 heteroatoms. The predicted octanol–water partition coefficient (Wildman–Crippen LogP) is 2.09. The Morgan fingerprint density at radius 1 is 1.20 bits per heavy atom. The number of nitrogen functional groups attached to an aromatic ring is 1. The molecule has 0 aliphatic heterocycles. The SMILES string of the molecule is Cn1cc(-c2ccc(N)cc2)cc1C=O. The van der Waals surface area contributed by atoms with Crippen LogP contribution in [0.3, 0.4) is 0 Å². The molecule has 15 heavy (non-hydrogen) atoms. The van der Waals surface area contributed by atoms with E-state index in [1.165, 1.54) is 0 Å². The molecule has 1 heterocycles. The van der Waals surface area contributed by atoms with Crippen LogP contribution in [0.1, 0.15) is 10.5 Å². The minimum Gasteiger partial charge on any atom is -0.399 e. The maximum atomic E-state index is 10.7. The van der Waals surface area contributed by atoms with Gasteiger partial charge in [0.1, 0.15) is 0 Å². The monoisotopic (exact) mass is 200 g/mol. The van der Waals surface area contributed by atoms with Crippen LogP contribution in [0.5, 0.6) is 0 Å². The Hall–Kier alpha value is -2.03. The van der Waals surface area contributed by atoms with Gasteiger partial charge in [0.25, 0.3) is 0 Å². The number of aromatic nitrogens is 1. The molecule has 0 aliphatic carbocycles. The highest BCUT2D eigenvalue weighted by molar-refractivity contribution is 5.78. The number of anilines is 1. The lowest BCUT2D eigenvalue weighted by Crippen LogP contribution is -1.90. The van der Waals surface area contributed by atoms with Crippen molar-refractivity contribution in [1.29, 1.82) is 0 Å². The fourth-order valence-corrected chi connectivity index (χ4v) is 1.53. The molecule has 0 fully saturated rings. The van der Waals surface area contributed by atoms with E-state index in [1.54, 1.807) is 4.57 Å². The molecule has 0 amide bonds. The number of nitrogens with two attached hydrogens (primary N) is 1. The molecule has 0 bridgehead atoms. The van der Waals surface area contributed by atoms with E-state index in [9.17, 15) is 4.79 Å². The molecule has 2 N–H and O–H groups in total. The minimum atomic E-state index is 0.668. The van der Waals surface area contributed by atoms with Crippen LogP contribution in [-0.2, 0) is 7.05 Å². The zero-order valence-corrected chi connectivity index (χ0v) is 8.47. The van der Waals surface area contributed by atoms with Crippen LogP contribution < -0.4 is 5.73 Å². The third-order valence-corrected chi connectivity index (χ3v) is 2.41.